The first-order valence-corrected chi connectivity index (χ1v) is 26.3. The number of hydrogen-bond donors (Lipinski definition) is 6. The second kappa shape index (κ2) is 27.0. The number of ketones is 1. The highest BCUT2D eigenvalue weighted by Gasteiger charge is 2.53. The van der Waals surface area contributed by atoms with E-state index >= 15 is 0 Å². The molecular formula is C54H84Cl2N2O16. The molecule has 6 N–H and O–H groups in total. The summed E-state index contributed by atoms with van der Waals surface area (Å²) in [5.74, 6) is -5.46. The Morgan fingerprint density at radius 3 is 2.15 bits per heavy atom. The van der Waals surface area contributed by atoms with Crippen LogP contribution in [0.4, 0.5) is 11.4 Å². The van der Waals surface area contributed by atoms with Gasteiger partial charge in [0.05, 0.1) is 74.6 Å². The predicted molar refractivity (Wildman–Crippen MR) is 279 cm³/mol. The third kappa shape index (κ3) is 15.2. The van der Waals surface area contributed by atoms with Gasteiger partial charge in [-0.15, -0.1) is 0 Å². The zero-order chi connectivity index (χ0) is 55.8. The van der Waals surface area contributed by atoms with Crippen molar-refractivity contribution >= 4 is 52.3 Å². The Morgan fingerprint density at radius 1 is 0.892 bits per heavy atom. The molecule has 0 spiro atoms. The zero-order valence-corrected chi connectivity index (χ0v) is 47.3. The van der Waals surface area contributed by atoms with Gasteiger partial charge in [0, 0.05) is 43.9 Å². The number of methoxy groups -OCH3 is 1. The van der Waals surface area contributed by atoms with Gasteiger partial charge in [0.15, 0.2) is 19.4 Å². The topological polar surface area (TPSA) is 241 Å². The lowest BCUT2D eigenvalue weighted by Gasteiger charge is -2.49. The van der Waals surface area contributed by atoms with E-state index in [0.29, 0.717) is 40.0 Å². The van der Waals surface area contributed by atoms with Gasteiger partial charge in [0.25, 0.3) is 0 Å². The summed E-state index contributed by atoms with van der Waals surface area (Å²) in [6, 6.07) is 10.2. The summed E-state index contributed by atoms with van der Waals surface area (Å²) in [6.07, 6.45) is -9.71. The molecule has 3 fully saturated rings. The zero-order valence-electron chi connectivity index (χ0n) is 45.8. The molecule has 2 aromatic rings. The number of halogens is 2. The number of ether oxygens (including phenoxy) is 8. The molecule has 0 unspecified atom stereocenters. The molecule has 0 amide bonds. The summed E-state index contributed by atoms with van der Waals surface area (Å²) in [4.78, 5) is 41.9. The Labute approximate surface area is 447 Å². The van der Waals surface area contributed by atoms with E-state index in [1.54, 1.807) is 71.9 Å². The number of Topliss-reactive ketones (excluding diaryl/α,β-unsaturated/α-hetero) is 1. The number of aliphatic hydroxyl groups is 5. The molecule has 0 bridgehead atoms. The summed E-state index contributed by atoms with van der Waals surface area (Å²) < 4.78 is 47.1. The molecule has 20 heteroatoms. The normalized spacial score (nSPS) is 37.5. The number of anilines is 2. The number of esters is 2. The van der Waals surface area contributed by atoms with Gasteiger partial charge < -0.3 is 73.6 Å². The van der Waals surface area contributed by atoms with Crippen molar-refractivity contribution in [1.82, 2.24) is 4.90 Å². The van der Waals surface area contributed by atoms with Crippen LogP contribution < -0.4 is 5.32 Å². The molecule has 0 saturated carbocycles. The molecule has 3 saturated heterocycles. The van der Waals surface area contributed by atoms with Gasteiger partial charge in [-0.2, -0.15) is 0 Å². The SMILES string of the molecule is CCOCOC(=O)c1ccccc1Nc1c(Cl)ccc(C)c1Cl.CC[C@H]1OC(=O)[C@H](C)[C@@H](O[C@H]2C[C@@](C)(OC)[C@@H](O)[C@H](C)O2)[C@H](C)[C@@H](O[C@@H]2O[C@H](C)C[C@H](N(C)C)[C@H]2O)[C@](C)(O)C[C@@H](C)C(=O)[C@H](C)[C@@H](O)[C@]1(C)O. The van der Waals surface area contributed by atoms with Crippen LogP contribution in [-0.4, -0.2) is 167 Å². The highest BCUT2D eigenvalue weighted by Crippen LogP contribution is 2.41. The maximum atomic E-state index is 14.1. The lowest BCUT2D eigenvalue weighted by Crippen LogP contribution is -2.61. The molecule has 420 valence electrons. The van der Waals surface area contributed by atoms with Crippen LogP contribution in [0.15, 0.2) is 36.4 Å². The molecule has 3 heterocycles. The van der Waals surface area contributed by atoms with Crippen LogP contribution >= 0.6 is 23.2 Å². The van der Waals surface area contributed by atoms with Gasteiger partial charge in [0.2, 0.25) is 0 Å². The molecule has 18 atom stereocenters. The van der Waals surface area contributed by atoms with Crippen molar-refractivity contribution in [1.29, 1.82) is 0 Å². The third-order valence-corrected chi connectivity index (χ3v) is 15.8. The van der Waals surface area contributed by atoms with Gasteiger partial charge in [-0.3, -0.25) is 9.59 Å². The molecule has 5 rings (SSSR count). The van der Waals surface area contributed by atoms with Crippen molar-refractivity contribution in [2.24, 2.45) is 23.7 Å². The van der Waals surface area contributed by atoms with Gasteiger partial charge in [-0.1, -0.05) is 69.1 Å². The lowest BCUT2D eigenvalue weighted by atomic mass is 9.74. The summed E-state index contributed by atoms with van der Waals surface area (Å²) in [5.41, 5.74) is -2.47. The van der Waals surface area contributed by atoms with Crippen LogP contribution in [-0.2, 0) is 47.5 Å². The molecule has 74 heavy (non-hydrogen) atoms. The Morgan fingerprint density at radius 2 is 1.54 bits per heavy atom. The van der Waals surface area contributed by atoms with Crippen LogP contribution in [0, 0.1) is 30.6 Å². The number of aliphatic hydroxyl groups excluding tert-OH is 3. The lowest BCUT2D eigenvalue weighted by molar-refractivity contribution is -0.318. The first-order valence-electron chi connectivity index (χ1n) is 25.6. The molecule has 2 aromatic carbocycles. The smallest absolute Gasteiger partial charge is 0.342 e. The van der Waals surface area contributed by atoms with Crippen molar-refractivity contribution in [3.05, 3.63) is 57.6 Å². The number of carbonyl (C=O) groups is 3. The van der Waals surface area contributed by atoms with E-state index in [1.807, 2.05) is 45.8 Å². The third-order valence-electron chi connectivity index (χ3n) is 15.0. The molecular weight excluding hydrogens is 1000 g/mol. The second-order valence-electron chi connectivity index (χ2n) is 21.2. The minimum Gasteiger partial charge on any atom is -0.459 e. The first kappa shape index (κ1) is 63.5. The summed E-state index contributed by atoms with van der Waals surface area (Å²) >= 11 is 12.5. The molecule has 3 aliphatic rings. The Hall–Kier alpha value is -3.05. The van der Waals surface area contributed by atoms with Crippen molar-refractivity contribution < 1.29 is 77.8 Å². The number of hydrogen-bond acceptors (Lipinski definition) is 18. The number of aryl methyl sites for hydroxylation is 1. The monoisotopic (exact) mass is 1090 g/mol. The van der Waals surface area contributed by atoms with Crippen LogP contribution in [0.1, 0.15) is 118 Å². The number of likely N-dealkylation sites (N-methyl/N-ethyl adjacent to an activating group) is 1. The molecule has 0 aliphatic carbocycles. The van der Waals surface area contributed by atoms with E-state index in [2.05, 4.69) is 5.32 Å². The maximum Gasteiger partial charge on any atom is 0.342 e. The largest absolute Gasteiger partial charge is 0.459 e. The molecule has 0 radical (unpaired) electrons. The fourth-order valence-electron chi connectivity index (χ4n) is 10.3. The van der Waals surface area contributed by atoms with E-state index < -0.39 is 114 Å². The molecule has 3 aliphatic heterocycles. The number of carbonyl (C=O) groups excluding carboxylic acids is 3. The first-order chi connectivity index (χ1) is 34.5. The number of cyclic esters (lactones) is 1. The Kier molecular flexibility index (Phi) is 23.2. The van der Waals surface area contributed by atoms with Crippen LogP contribution in [0.2, 0.25) is 10.0 Å². The van der Waals surface area contributed by atoms with E-state index in [1.165, 1.54) is 27.9 Å². The molecule has 0 aromatic heterocycles. The van der Waals surface area contributed by atoms with E-state index in [9.17, 15) is 39.9 Å². The maximum absolute atomic E-state index is 14.1. The van der Waals surface area contributed by atoms with E-state index in [-0.39, 0.29) is 38.2 Å². The second-order valence-corrected chi connectivity index (χ2v) is 22.0. The summed E-state index contributed by atoms with van der Waals surface area (Å²) in [6.45, 7) is 20.4. The van der Waals surface area contributed by atoms with Crippen molar-refractivity contribution in [3.8, 4) is 0 Å². The predicted octanol–water partition coefficient (Wildman–Crippen LogP) is 6.98. The van der Waals surface area contributed by atoms with E-state index in [0.717, 1.165) is 5.56 Å². The quantitative estimate of drug-likeness (QED) is 0.0673. The van der Waals surface area contributed by atoms with Crippen molar-refractivity contribution in [3.63, 3.8) is 0 Å². The van der Waals surface area contributed by atoms with Crippen LogP contribution in [0.3, 0.4) is 0 Å². The highest BCUT2D eigenvalue weighted by atomic mass is 35.5. The van der Waals surface area contributed by atoms with Gasteiger partial charge in [-0.05, 0) is 113 Å². The molecule has 18 nitrogen and oxygen atoms in total. The average molecular weight is 1090 g/mol. The van der Waals surface area contributed by atoms with Crippen molar-refractivity contribution in [2.75, 3.05) is 39.9 Å². The average Bonchev–Trinajstić information content (AvgIpc) is 3.35. The minimum absolute atomic E-state index is 0.0877. The fraction of sp³-hybridized carbons (Fsp3) is 0.722. The standard InChI is InChI=1S/C37H67NO13.C17H17Cl2NO3/c1-14-25-37(10,45)30(41)20(4)27(39)18(2)16-35(8,44)32(51-34-28(40)24(38(11)12)15-19(3)47-34)21(5)29(22(6)33(43)49-25)50-26-17-36(9,46-13)31(42)23(7)48-26;1-3-22-10-23-17(21)12-6-4-5-7-14(12)20-16-13(18)9-8-11(2)15(16)19/h18-26,28-32,34,40-42,44-45H,14-17H2,1-13H3;4-9,20H,3,10H2,1-2H3/t18-,19-,20+,21+,22-,23+,24+,25-,26+,28-,29+,30-,31+,32-,34+,35-,36-,37-;/m1./s1. The Balaban J connectivity index is 0.000000427. The summed E-state index contributed by atoms with van der Waals surface area (Å²) in [7, 11) is 5.18. The fourth-order valence-corrected chi connectivity index (χ4v) is 10.8. The van der Waals surface area contributed by atoms with Gasteiger partial charge in [0.1, 0.15) is 29.7 Å². The van der Waals surface area contributed by atoms with Gasteiger partial charge in [-0.25, -0.2) is 4.79 Å². The number of para-hydroxylation sites is 1. The highest BCUT2D eigenvalue weighted by molar-refractivity contribution is 6.39. The van der Waals surface area contributed by atoms with Crippen LogP contribution in [0.25, 0.3) is 0 Å². The summed E-state index contributed by atoms with van der Waals surface area (Å²) in [5, 5.41) is 61.7. The number of nitrogens with one attached hydrogen (secondary N) is 1. The van der Waals surface area contributed by atoms with Crippen LogP contribution in [0.5, 0.6) is 0 Å². The van der Waals surface area contributed by atoms with Gasteiger partial charge >= 0.3 is 11.9 Å². The van der Waals surface area contributed by atoms with Crippen molar-refractivity contribution in [2.45, 2.75) is 193 Å². The minimum atomic E-state index is -1.99. The Bertz CT molecular complexity index is 2170. The number of rotatable bonds is 13. The van der Waals surface area contributed by atoms with E-state index in [4.69, 9.17) is 61.1 Å². The number of benzene rings is 2. The number of nitrogens with zero attached hydrogens (tertiary/aromatic N) is 1.